The van der Waals surface area contributed by atoms with Crippen molar-refractivity contribution in [2.75, 3.05) is 13.2 Å². The molecule has 1 aliphatic heterocycles. The Hall–Kier alpha value is -3.10. The monoisotopic (exact) mass is 363 g/mol. The van der Waals surface area contributed by atoms with Crippen molar-refractivity contribution in [3.63, 3.8) is 0 Å². The van der Waals surface area contributed by atoms with E-state index < -0.39 is 17.8 Å². The van der Waals surface area contributed by atoms with Gasteiger partial charge in [-0.25, -0.2) is 15.0 Å². The molecule has 9 heteroatoms. The Morgan fingerprint density at radius 1 is 1.19 bits per heavy atom. The fourth-order valence-electron chi connectivity index (χ4n) is 2.25. The topological polar surface area (TPSA) is 119 Å². The Labute approximate surface area is 150 Å². The van der Waals surface area contributed by atoms with Gasteiger partial charge in [-0.15, -0.1) is 5.10 Å². The largest absolute Gasteiger partial charge is 0.473 e. The summed E-state index contributed by atoms with van der Waals surface area (Å²) in [5.74, 6) is -1.75. The highest BCUT2D eigenvalue weighted by atomic mass is 16.5. The third kappa shape index (κ3) is 4.11. The first-order chi connectivity index (χ1) is 12.4. The molecule has 26 heavy (non-hydrogen) atoms. The maximum Gasteiger partial charge on any atom is 0.341 e. The maximum atomic E-state index is 12.3. The molecule has 2 N–H and O–H groups in total. The van der Waals surface area contributed by atoms with Gasteiger partial charge in [-0.3, -0.25) is 4.79 Å². The van der Waals surface area contributed by atoms with Gasteiger partial charge < -0.3 is 19.2 Å². The number of nitrogens with zero attached hydrogens (tertiary/aromatic N) is 1. The summed E-state index contributed by atoms with van der Waals surface area (Å²) in [6.45, 7) is 7.18. The smallest absolute Gasteiger partial charge is 0.341 e. The fraction of sp³-hybridized carbons (Fsp3) is 0.412. The van der Waals surface area contributed by atoms with Gasteiger partial charge in [-0.2, -0.15) is 0 Å². The molecule has 0 unspecified atom stereocenters. The minimum absolute atomic E-state index is 0.0126. The molecule has 0 saturated heterocycles. The van der Waals surface area contributed by atoms with Gasteiger partial charge >= 0.3 is 11.9 Å². The highest BCUT2D eigenvalue weighted by molar-refractivity contribution is 6.25. The van der Waals surface area contributed by atoms with Crippen LogP contribution in [0.1, 0.15) is 54.1 Å². The zero-order chi connectivity index (χ0) is 19.3. The first-order valence-electron chi connectivity index (χ1n) is 8.21. The van der Waals surface area contributed by atoms with E-state index in [1.54, 1.807) is 27.7 Å². The number of ether oxygens (including phenoxy) is 3. The van der Waals surface area contributed by atoms with Crippen molar-refractivity contribution in [3.8, 4) is 0 Å². The molecular formula is C17H21N3O6. The highest BCUT2D eigenvalue weighted by Crippen LogP contribution is 2.22. The molecule has 0 aliphatic carbocycles. The molecule has 1 aromatic rings. The van der Waals surface area contributed by atoms with Crippen LogP contribution in [0.2, 0.25) is 0 Å². The Morgan fingerprint density at radius 3 is 2.46 bits per heavy atom. The van der Waals surface area contributed by atoms with E-state index in [0.717, 1.165) is 0 Å². The van der Waals surface area contributed by atoms with Crippen molar-refractivity contribution in [1.29, 1.82) is 0 Å². The lowest BCUT2D eigenvalue weighted by molar-refractivity contribution is -0.116. The van der Waals surface area contributed by atoms with Crippen molar-refractivity contribution < 1.29 is 28.6 Å². The lowest BCUT2D eigenvalue weighted by atomic mass is 10.1. The number of hydrogen-bond donors (Lipinski definition) is 2. The van der Waals surface area contributed by atoms with Crippen LogP contribution in [-0.2, 0) is 19.0 Å². The number of rotatable bonds is 6. The number of hydrazone groups is 1. The normalized spacial score (nSPS) is 15.0. The minimum atomic E-state index is -0.703. The number of esters is 2. The van der Waals surface area contributed by atoms with E-state index in [0.29, 0.717) is 0 Å². The zero-order valence-corrected chi connectivity index (χ0v) is 15.0. The predicted molar refractivity (Wildman–Crippen MR) is 92.5 cm³/mol. The number of nitrogens with one attached hydrogen (secondary N) is 2. The molecule has 0 atom stereocenters. The molecule has 2 rings (SSSR count). The van der Waals surface area contributed by atoms with Crippen molar-refractivity contribution >= 4 is 29.8 Å². The second kappa shape index (κ2) is 8.32. The zero-order valence-electron chi connectivity index (χ0n) is 15.0. The molecular weight excluding hydrogens is 342 g/mol. The third-order valence-corrected chi connectivity index (χ3v) is 3.26. The average molecular weight is 363 g/mol. The van der Waals surface area contributed by atoms with Crippen molar-refractivity contribution in [2.24, 2.45) is 5.10 Å². The first-order valence-corrected chi connectivity index (χ1v) is 8.21. The lowest BCUT2D eigenvalue weighted by Crippen LogP contribution is -2.17. The standard InChI is InChI=1S/C17H21N3O6/c1-5-24-16(22)11-8-18-12(13(11)17(23)25-6-2)7-10-14(21)19-20-15(10)26-9(3)4/h7-9,18H,5-6H2,1-4H3,(H,19,21). The summed E-state index contributed by atoms with van der Waals surface area (Å²) in [6, 6.07) is 0. The number of H-pyrrole nitrogens is 1. The molecule has 0 radical (unpaired) electrons. The van der Waals surface area contributed by atoms with Gasteiger partial charge in [0.2, 0.25) is 5.90 Å². The molecule has 0 spiro atoms. The van der Waals surface area contributed by atoms with Gasteiger partial charge in [0.15, 0.2) is 0 Å². The molecule has 1 amide bonds. The fourth-order valence-corrected chi connectivity index (χ4v) is 2.25. The van der Waals surface area contributed by atoms with Gasteiger partial charge in [0.05, 0.1) is 36.1 Å². The van der Waals surface area contributed by atoms with E-state index in [-0.39, 0.29) is 47.6 Å². The van der Waals surface area contributed by atoms with Gasteiger partial charge in [0.1, 0.15) is 5.57 Å². The maximum absolute atomic E-state index is 12.3. The molecule has 2 heterocycles. The molecule has 1 aliphatic rings. The van der Waals surface area contributed by atoms with E-state index in [4.69, 9.17) is 14.2 Å². The van der Waals surface area contributed by atoms with Gasteiger partial charge in [0, 0.05) is 6.20 Å². The van der Waals surface area contributed by atoms with Crippen LogP contribution in [0.5, 0.6) is 0 Å². The second-order valence-corrected chi connectivity index (χ2v) is 5.51. The average Bonchev–Trinajstić information content (AvgIpc) is 3.14. The number of aromatic nitrogens is 1. The molecule has 0 fully saturated rings. The van der Waals surface area contributed by atoms with E-state index in [1.807, 2.05) is 0 Å². The molecule has 9 nitrogen and oxygen atoms in total. The van der Waals surface area contributed by atoms with E-state index >= 15 is 0 Å². The summed E-state index contributed by atoms with van der Waals surface area (Å²) in [5.41, 5.74) is 2.66. The van der Waals surface area contributed by atoms with Crippen LogP contribution in [0.15, 0.2) is 16.9 Å². The molecule has 140 valence electrons. The van der Waals surface area contributed by atoms with Gasteiger partial charge in [0.25, 0.3) is 5.91 Å². The summed E-state index contributed by atoms with van der Waals surface area (Å²) >= 11 is 0. The number of hydrogen-bond acceptors (Lipinski definition) is 7. The van der Waals surface area contributed by atoms with E-state index in [2.05, 4.69) is 15.5 Å². The van der Waals surface area contributed by atoms with Crippen LogP contribution >= 0.6 is 0 Å². The second-order valence-electron chi connectivity index (χ2n) is 5.51. The summed E-state index contributed by atoms with van der Waals surface area (Å²) in [4.78, 5) is 39.3. The highest BCUT2D eigenvalue weighted by Gasteiger charge is 2.29. The van der Waals surface area contributed by atoms with Crippen LogP contribution < -0.4 is 5.43 Å². The number of aromatic amines is 1. The lowest BCUT2D eigenvalue weighted by Gasteiger charge is -2.09. The Morgan fingerprint density at radius 2 is 1.85 bits per heavy atom. The Kier molecular flexibility index (Phi) is 6.16. The SMILES string of the molecule is CCOC(=O)c1c[nH]c(C=C2C(=O)NN=C2OC(C)C)c1C(=O)OCC. The van der Waals surface area contributed by atoms with Crippen LogP contribution in [0.4, 0.5) is 0 Å². The first kappa shape index (κ1) is 19.2. The third-order valence-electron chi connectivity index (χ3n) is 3.26. The molecule has 0 saturated carbocycles. The van der Waals surface area contributed by atoms with Crippen molar-refractivity contribution in [3.05, 3.63) is 28.6 Å². The summed E-state index contributed by atoms with van der Waals surface area (Å²) < 4.78 is 15.5. The minimum Gasteiger partial charge on any atom is -0.473 e. The molecule has 0 bridgehead atoms. The number of carbonyl (C=O) groups is 3. The summed E-state index contributed by atoms with van der Waals surface area (Å²) in [6.07, 6.45) is 2.52. The van der Waals surface area contributed by atoms with Crippen LogP contribution in [0.25, 0.3) is 6.08 Å². The van der Waals surface area contributed by atoms with E-state index in [9.17, 15) is 14.4 Å². The predicted octanol–water partition coefficient (Wildman–Crippen LogP) is 1.62. The van der Waals surface area contributed by atoms with Gasteiger partial charge in [-0.1, -0.05) is 0 Å². The Bertz CT molecular complexity index is 775. The number of amides is 1. The van der Waals surface area contributed by atoms with Crippen LogP contribution in [0.3, 0.4) is 0 Å². The summed E-state index contributed by atoms with van der Waals surface area (Å²) in [5, 5.41) is 3.82. The Balaban J connectivity index is 2.48. The number of carbonyl (C=O) groups excluding carboxylic acids is 3. The summed E-state index contributed by atoms with van der Waals surface area (Å²) in [7, 11) is 0. The van der Waals surface area contributed by atoms with Crippen LogP contribution in [0, 0.1) is 0 Å². The van der Waals surface area contributed by atoms with E-state index in [1.165, 1.54) is 12.3 Å². The van der Waals surface area contributed by atoms with Gasteiger partial charge in [-0.05, 0) is 33.8 Å². The molecule has 1 aromatic heterocycles. The quantitative estimate of drug-likeness (QED) is 0.585. The van der Waals surface area contributed by atoms with Crippen LogP contribution in [-0.4, -0.2) is 48.0 Å². The molecule has 0 aromatic carbocycles. The van der Waals surface area contributed by atoms with Crippen molar-refractivity contribution in [2.45, 2.75) is 33.8 Å². The van der Waals surface area contributed by atoms with Crippen molar-refractivity contribution in [1.82, 2.24) is 10.4 Å².